The van der Waals surface area contributed by atoms with Gasteiger partial charge < -0.3 is 14.5 Å². The molecule has 0 aliphatic carbocycles. The van der Waals surface area contributed by atoms with Gasteiger partial charge in [0.15, 0.2) is 5.65 Å². The second-order valence-corrected chi connectivity index (χ2v) is 11.4. The van der Waals surface area contributed by atoms with Crippen LogP contribution in [0.25, 0.3) is 27.7 Å². The maximum atomic E-state index is 14.5. The van der Waals surface area contributed by atoms with Gasteiger partial charge in [0.05, 0.1) is 40.5 Å². The molecule has 1 unspecified atom stereocenters. The predicted molar refractivity (Wildman–Crippen MR) is 155 cm³/mol. The zero-order valence-electron chi connectivity index (χ0n) is 22.6. The maximum Gasteiger partial charge on any atom is 0.258 e. The summed E-state index contributed by atoms with van der Waals surface area (Å²) in [4.78, 5) is 22.2. The van der Waals surface area contributed by atoms with E-state index in [-0.39, 0.29) is 21.9 Å². The molecule has 1 atom stereocenters. The first kappa shape index (κ1) is 25.8. The highest BCUT2D eigenvalue weighted by Gasteiger charge is 2.43. The standard InChI is InChI=1S/C30H29ClFN7O2/c1-2-41-20-13-21(27-22-15-34-35-28(22)36-39(27)16-20)19-7-8-25(33-14-19)37-12-10-30(17-37)9-4-11-38(18-30)29(40)26-23(31)5-3-6-24(26)32/h3,5-8,13-16H,2,4,9-12,17-18H2,1H3,(H,35,36). The number of nitrogens with zero attached hydrogens (tertiary/aromatic N) is 6. The van der Waals surface area contributed by atoms with E-state index in [1.165, 1.54) is 12.1 Å². The normalized spacial score (nSPS) is 19.1. The van der Waals surface area contributed by atoms with E-state index in [4.69, 9.17) is 21.3 Å². The molecular weight excluding hydrogens is 545 g/mol. The van der Waals surface area contributed by atoms with E-state index in [1.807, 2.05) is 36.0 Å². The van der Waals surface area contributed by atoms with Crippen LogP contribution in [0.4, 0.5) is 10.2 Å². The third-order valence-corrected chi connectivity index (χ3v) is 8.67. The summed E-state index contributed by atoms with van der Waals surface area (Å²) in [6.45, 7) is 5.32. The number of halogens is 2. The number of hydrogen-bond acceptors (Lipinski definition) is 6. The van der Waals surface area contributed by atoms with Crippen LogP contribution in [0.1, 0.15) is 36.5 Å². The fraction of sp³-hybridized carbons (Fsp3) is 0.333. The molecule has 2 saturated heterocycles. The number of aromatic nitrogens is 5. The SMILES string of the molecule is CCOc1cc(-c2ccc(N3CCC4(CCCN(C(=O)c5c(F)cccc5Cl)C4)C3)nc2)c2c3cn[nH]c3nn2c1. The van der Waals surface area contributed by atoms with Gasteiger partial charge in [0.25, 0.3) is 5.91 Å². The lowest BCUT2D eigenvalue weighted by Gasteiger charge is -2.40. The van der Waals surface area contributed by atoms with Gasteiger partial charge in [0.2, 0.25) is 0 Å². The number of rotatable bonds is 5. The Morgan fingerprint density at radius 3 is 2.88 bits per heavy atom. The van der Waals surface area contributed by atoms with Gasteiger partial charge in [-0.15, -0.1) is 5.10 Å². The first-order chi connectivity index (χ1) is 19.9. The molecular formula is C30H29ClFN7O2. The largest absolute Gasteiger partial charge is 0.492 e. The lowest BCUT2D eigenvalue weighted by Crippen LogP contribution is -2.47. The smallest absolute Gasteiger partial charge is 0.258 e. The van der Waals surface area contributed by atoms with Gasteiger partial charge in [-0.3, -0.25) is 9.89 Å². The van der Waals surface area contributed by atoms with Crippen molar-refractivity contribution in [3.63, 3.8) is 0 Å². The number of nitrogens with one attached hydrogen (secondary N) is 1. The first-order valence-corrected chi connectivity index (χ1v) is 14.3. The molecule has 0 radical (unpaired) electrons. The summed E-state index contributed by atoms with van der Waals surface area (Å²) in [5, 5.41) is 12.8. The van der Waals surface area contributed by atoms with Crippen LogP contribution in [-0.4, -0.2) is 68.4 Å². The number of anilines is 1. The number of aromatic amines is 1. The van der Waals surface area contributed by atoms with Gasteiger partial charge in [0.1, 0.15) is 17.4 Å². The molecule has 6 heterocycles. The van der Waals surface area contributed by atoms with Gasteiger partial charge >= 0.3 is 0 Å². The monoisotopic (exact) mass is 573 g/mol. The molecule has 0 bridgehead atoms. The summed E-state index contributed by atoms with van der Waals surface area (Å²) in [5.41, 5.74) is 3.47. The zero-order chi connectivity index (χ0) is 28.1. The van der Waals surface area contributed by atoms with Crippen LogP contribution in [0.5, 0.6) is 5.75 Å². The summed E-state index contributed by atoms with van der Waals surface area (Å²) >= 11 is 6.21. The second-order valence-electron chi connectivity index (χ2n) is 11.0. The number of likely N-dealkylation sites (tertiary alicyclic amines) is 1. The van der Waals surface area contributed by atoms with E-state index in [0.717, 1.165) is 65.9 Å². The van der Waals surface area contributed by atoms with Crippen LogP contribution < -0.4 is 9.64 Å². The number of benzene rings is 1. The molecule has 2 aliphatic rings. The van der Waals surface area contributed by atoms with E-state index in [0.29, 0.717) is 25.3 Å². The van der Waals surface area contributed by atoms with Gasteiger partial charge in [-0.2, -0.15) is 5.10 Å². The second kappa shape index (κ2) is 10.0. The molecule has 2 fully saturated rings. The Hall–Kier alpha value is -4.18. The van der Waals surface area contributed by atoms with Gasteiger partial charge in [-0.1, -0.05) is 17.7 Å². The van der Waals surface area contributed by atoms with Crippen molar-refractivity contribution >= 4 is 39.9 Å². The number of carbonyl (C=O) groups is 1. The Morgan fingerprint density at radius 1 is 1.17 bits per heavy atom. The first-order valence-electron chi connectivity index (χ1n) is 13.9. The summed E-state index contributed by atoms with van der Waals surface area (Å²) in [6, 6.07) is 10.5. The number of piperidine rings is 1. The molecule has 9 nitrogen and oxygen atoms in total. The molecule has 210 valence electrons. The Balaban J connectivity index is 1.13. The van der Waals surface area contributed by atoms with Crippen molar-refractivity contribution in [1.82, 2.24) is 29.7 Å². The zero-order valence-corrected chi connectivity index (χ0v) is 23.4. The highest BCUT2D eigenvalue weighted by molar-refractivity contribution is 6.33. The van der Waals surface area contributed by atoms with Crippen molar-refractivity contribution in [2.24, 2.45) is 5.41 Å². The maximum absolute atomic E-state index is 14.5. The van der Waals surface area contributed by atoms with Crippen molar-refractivity contribution in [3.8, 4) is 16.9 Å². The summed E-state index contributed by atoms with van der Waals surface area (Å²) in [6.07, 6.45) is 8.38. The summed E-state index contributed by atoms with van der Waals surface area (Å²) < 4.78 is 22.1. The highest BCUT2D eigenvalue weighted by Crippen LogP contribution is 2.41. The molecule has 41 heavy (non-hydrogen) atoms. The molecule has 4 aromatic heterocycles. The van der Waals surface area contributed by atoms with Gasteiger partial charge in [0, 0.05) is 48.9 Å². The van der Waals surface area contributed by atoms with E-state index in [1.54, 1.807) is 17.2 Å². The highest BCUT2D eigenvalue weighted by atomic mass is 35.5. The Morgan fingerprint density at radius 2 is 2.07 bits per heavy atom. The Kier molecular flexibility index (Phi) is 6.30. The number of pyridine rings is 2. The molecule has 11 heteroatoms. The number of hydrogen-bond donors (Lipinski definition) is 1. The molecule has 2 aliphatic heterocycles. The van der Waals surface area contributed by atoms with Crippen molar-refractivity contribution in [2.75, 3.05) is 37.7 Å². The number of H-pyrrole nitrogens is 1. The third kappa shape index (κ3) is 4.46. The lowest BCUT2D eigenvalue weighted by molar-refractivity contribution is 0.0552. The summed E-state index contributed by atoms with van der Waals surface area (Å²) in [7, 11) is 0. The average molecular weight is 574 g/mol. The number of ether oxygens (including phenoxy) is 1. The summed E-state index contributed by atoms with van der Waals surface area (Å²) in [5.74, 6) is 0.713. The van der Waals surface area contributed by atoms with Gasteiger partial charge in [-0.05, 0) is 56.5 Å². The van der Waals surface area contributed by atoms with Crippen molar-refractivity contribution in [2.45, 2.75) is 26.2 Å². The molecule has 0 saturated carbocycles. The Labute approximate surface area is 240 Å². The molecule has 1 spiro atoms. The van der Waals surface area contributed by atoms with Crippen molar-refractivity contribution in [3.05, 3.63) is 71.4 Å². The van der Waals surface area contributed by atoms with Crippen LogP contribution in [0.3, 0.4) is 0 Å². The van der Waals surface area contributed by atoms with Crippen molar-refractivity contribution in [1.29, 1.82) is 0 Å². The molecule has 1 amide bonds. The average Bonchev–Trinajstić information content (AvgIpc) is 3.68. The minimum atomic E-state index is -0.576. The Bertz CT molecular complexity index is 1750. The van der Waals surface area contributed by atoms with Crippen LogP contribution in [-0.2, 0) is 0 Å². The van der Waals surface area contributed by atoms with E-state index >= 15 is 0 Å². The molecule has 1 aromatic carbocycles. The number of carbonyl (C=O) groups excluding carboxylic acids is 1. The molecule has 5 aromatic rings. The van der Waals surface area contributed by atoms with Crippen molar-refractivity contribution < 1.29 is 13.9 Å². The fourth-order valence-electron chi connectivity index (χ4n) is 6.44. The lowest BCUT2D eigenvalue weighted by atomic mass is 9.79. The fourth-order valence-corrected chi connectivity index (χ4v) is 6.69. The minimum Gasteiger partial charge on any atom is -0.492 e. The van der Waals surface area contributed by atoms with Crippen LogP contribution >= 0.6 is 11.6 Å². The minimum absolute atomic E-state index is 0.0354. The topological polar surface area (TPSA) is 91.6 Å². The third-order valence-electron chi connectivity index (χ3n) is 8.36. The van der Waals surface area contributed by atoms with E-state index in [2.05, 4.69) is 26.3 Å². The number of amides is 1. The quantitative estimate of drug-likeness (QED) is 0.294. The van der Waals surface area contributed by atoms with E-state index < -0.39 is 5.82 Å². The van der Waals surface area contributed by atoms with Crippen LogP contribution in [0, 0.1) is 11.2 Å². The molecule has 1 N–H and O–H groups in total. The van der Waals surface area contributed by atoms with E-state index in [9.17, 15) is 9.18 Å². The van der Waals surface area contributed by atoms with Crippen LogP contribution in [0.2, 0.25) is 5.02 Å². The van der Waals surface area contributed by atoms with Crippen LogP contribution in [0.15, 0.2) is 55.0 Å². The predicted octanol–water partition coefficient (Wildman–Crippen LogP) is 5.60. The van der Waals surface area contributed by atoms with Gasteiger partial charge in [-0.25, -0.2) is 13.9 Å². The number of fused-ring (bicyclic) bond motifs is 3. The molecule has 7 rings (SSSR count).